The highest BCUT2D eigenvalue weighted by Gasteiger charge is 2.07. The summed E-state index contributed by atoms with van der Waals surface area (Å²) in [6.07, 6.45) is 1.54. The van der Waals surface area contributed by atoms with Crippen LogP contribution in [0.15, 0.2) is 0 Å². The Kier molecular flexibility index (Phi) is 7.42. The highest BCUT2D eigenvalue weighted by Crippen LogP contribution is 1.93. The Balaban J connectivity index is 3.35. The summed E-state index contributed by atoms with van der Waals surface area (Å²) in [4.78, 5) is 13.0. The predicted molar refractivity (Wildman–Crippen MR) is 57.3 cm³/mol. The Labute approximate surface area is 86.6 Å². The number of methoxy groups -OCH3 is 1. The lowest BCUT2D eigenvalue weighted by Crippen LogP contribution is -2.31. The number of hydrogen-bond acceptors (Lipinski definition) is 4. The second-order valence-electron chi connectivity index (χ2n) is 3.79. The van der Waals surface area contributed by atoms with Crippen molar-refractivity contribution >= 4 is 5.97 Å². The molecule has 0 aromatic heterocycles. The number of carbonyl (C=O) groups is 1. The van der Waals surface area contributed by atoms with Crippen molar-refractivity contribution in [3.05, 3.63) is 0 Å². The fourth-order valence-corrected chi connectivity index (χ4v) is 1.15. The third-order valence-electron chi connectivity index (χ3n) is 1.98. The maximum Gasteiger partial charge on any atom is 0.307 e. The van der Waals surface area contributed by atoms with E-state index in [2.05, 4.69) is 29.0 Å². The molecule has 0 heterocycles. The summed E-state index contributed by atoms with van der Waals surface area (Å²) in [5.41, 5.74) is 0. The standard InChI is InChI=1S/C10H22N2O2/c1-9(8-10(13)14-4)11-6-5-7-12(2)3/h9,11H,5-8H2,1-4H3/t9-/m0/s1. The van der Waals surface area contributed by atoms with Gasteiger partial charge in [-0.25, -0.2) is 0 Å². The summed E-state index contributed by atoms with van der Waals surface area (Å²) in [6.45, 7) is 4.00. The topological polar surface area (TPSA) is 41.6 Å². The molecule has 84 valence electrons. The molecule has 0 aromatic carbocycles. The van der Waals surface area contributed by atoms with Crippen LogP contribution in [-0.4, -0.2) is 51.2 Å². The Bertz CT molecular complexity index is 160. The van der Waals surface area contributed by atoms with Crippen LogP contribution >= 0.6 is 0 Å². The molecule has 4 nitrogen and oxygen atoms in total. The number of rotatable bonds is 7. The predicted octanol–water partition coefficient (Wildman–Crippen LogP) is 0.479. The van der Waals surface area contributed by atoms with Crippen molar-refractivity contribution in [2.45, 2.75) is 25.8 Å². The van der Waals surface area contributed by atoms with Gasteiger partial charge in [-0.15, -0.1) is 0 Å². The van der Waals surface area contributed by atoms with E-state index in [1.807, 2.05) is 6.92 Å². The van der Waals surface area contributed by atoms with Crippen LogP contribution in [-0.2, 0) is 9.53 Å². The van der Waals surface area contributed by atoms with E-state index in [4.69, 9.17) is 0 Å². The molecule has 0 aliphatic heterocycles. The van der Waals surface area contributed by atoms with Gasteiger partial charge >= 0.3 is 5.97 Å². The lowest BCUT2D eigenvalue weighted by molar-refractivity contribution is -0.141. The van der Waals surface area contributed by atoms with E-state index in [9.17, 15) is 4.79 Å². The minimum absolute atomic E-state index is 0.155. The van der Waals surface area contributed by atoms with Crippen LogP contribution in [0.2, 0.25) is 0 Å². The molecule has 0 aromatic rings. The zero-order valence-electron chi connectivity index (χ0n) is 9.67. The first-order valence-electron chi connectivity index (χ1n) is 5.01. The van der Waals surface area contributed by atoms with Crippen LogP contribution in [0.3, 0.4) is 0 Å². The molecule has 0 aliphatic carbocycles. The molecule has 0 aliphatic rings. The Morgan fingerprint density at radius 3 is 2.64 bits per heavy atom. The van der Waals surface area contributed by atoms with Crippen molar-refractivity contribution in [3.8, 4) is 0 Å². The molecule has 0 amide bonds. The minimum atomic E-state index is -0.155. The van der Waals surface area contributed by atoms with Crippen LogP contribution in [0, 0.1) is 0 Å². The minimum Gasteiger partial charge on any atom is -0.469 e. The number of carbonyl (C=O) groups excluding carboxylic acids is 1. The van der Waals surface area contributed by atoms with Gasteiger partial charge in [-0.3, -0.25) is 4.79 Å². The monoisotopic (exact) mass is 202 g/mol. The average Bonchev–Trinajstić information content (AvgIpc) is 2.12. The molecule has 0 bridgehead atoms. The van der Waals surface area contributed by atoms with Crippen LogP contribution < -0.4 is 5.32 Å². The van der Waals surface area contributed by atoms with Gasteiger partial charge in [0.1, 0.15) is 0 Å². The smallest absolute Gasteiger partial charge is 0.307 e. The van der Waals surface area contributed by atoms with E-state index >= 15 is 0 Å². The summed E-state index contributed by atoms with van der Waals surface area (Å²) in [5.74, 6) is -0.155. The molecule has 1 N–H and O–H groups in total. The Morgan fingerprint density at radius 1 is 1.50 bits per heavy atom. The molecular formula is C10H22N2O2. The maximum absolute atomic E-state index is 10.9. The molecule has 0 saturated heterocycles. The number of esters is 1. The molecule has 14 heavy (non-hydrogen) atoms. The van der Waals surface area contributed by atoms with Gasteiger partial charge in [0.05, 0.1) is 13.5 Å². The number of nitrogens with one attached hydrogen (secondary N) is 1. The van der Waals surface area contributed by atoms with E-state index in [0.717, 1.165) is 19.5 Å². The van der Waals surface area contributed by atoms with E-state index in [-0.39, 0.29) is 12.0 Å². The van der Waals surface area contributed by atoms with E-state index in [1.165, 1.54) is 7.11 Å². The fourth-order valence-electron chi connectivity index (χ4n) is 1.15. The highest BCUT2D eigenvalue weighted by molar-refractivity contribution is 5.69. The first-order chi connectivity index (χ1) is 6.56. The zero-order chi connectivity index (χ0) is 11.0. The molecule has 1 atom stereocenters. The Hall–Kier alpha value is -0.610. The molecule has 0 radical (unpaired) electrons. The van der Waals surface area contributed by atoms with Gasteiger partial charge in [0.2, 0.25) is 0 Å². The third-order valence-corrected chi connectivity index (χ3v) is 1.98. The zero-order valence-corrected chi connectivity index (χ0v) is 9.67. The molecule has 0 saturated carbocycles. The van der Waals surface area contributed by atoms with Gasteiger partial charge in [-0.2, -0.15) is 0 Å². The van der Waals surface area contributed by atoms with Crippen molar-refractivity contribution in [2.24, 2.45) is 0 Å². The maximum atomic E-state index is 10.9. The first kappa shape index (κ1) is 13.4. The molecule has 0 fully saturated rings. The van der Waals surface area contributed by atoms with Gasteiger partial charge in [0, 0.05) is 6.04 Å². The normalized spacial score (nSPS) is 12.9. The van der Waals surface area contributed by atoms with Crippen LogP contribution in [0.4, 0.5) is 0 Å². The second-order valence-corrected chi connectivity index (χ2v) is 3.79. The Morgan fingerprint density at radius 2 is 2.14 bits per heavy atom. The number of ether oxygens (including phenoxy) is 1. The van der Waals surface area contributed by atoms with Gasteiger partial charge < -0.3 is 15.0 Å². The number of hydrogen-bond donors (Lipinski definition) is 1. The van der Waals surface area contributed by atoms with Crippen molar-refractivity contribution in [1.82, 2.24) is 10.2 Å². The van der Waals surface area contributed by atoms with Gasteiger partial charge in [0.15, 0.2) is 0 Å². The van der Waals surface area contributed by atoms with Crippen molar-refractivity contribution < 1.29 is 9.53 Å². The van der Waals surface area contributed by atoms with Crippen molar-refractivity contribution in [2.75, 3.05) is 34.3 Å². The van der Waals surface area contributed by atoms with E-state index < -0.39 is 0 Å². The summed E-state index contributed by atoms with van der Waals surface area (Å²) in [6, 6.07) is 0.199. The average molecular weight is 202 g/mol. The molecule has 0 spiro atoms. The molecule has 0 unspecified atom stereocenters. The fraction of sp³-hybridized carbons (Fsp3) is 0.900. The molecular weight excluding hydrogens is 180 g/mol. The summed E-state index contributed by atoms with van der Waals surface area (Å²) < 4.78 is 4.58. The van der Waals surface area contributed by atoms with Gasteiger partial charge in [0.25, 0.3) is 0 Å². The SMILES string of the molecule is COC(=O)C[C@H](C)NCCCN(C)C. The summed E-state index contributed by atoms with van der Waals surface area (Å²) in [7, 11) is 5.52. The third kappa shape index (κ3) is 8.01. The van der Waals surface area contributed by atoms with Crippen LogP contribution in [0.25, 0.3) is 0 Å². The van der Waals surface area contributed by atoms with Gasteiger partial charge in [-0.1, -0.05) is 0 Å². The molecule has 4 heteroatoms. The summed E-state index contributed by atoms with van der Waals surface area (Å²) >= 11 is 0. The second kappa shape index (κ2) is 7.76. The van der Waals surface area contributed by atoms with E-state index in [0.29, 0.717) is 6.42 Å². The van der Waals surface area contributed by atoms with Crippen LogP contribution in [0.1, 0.15) is 19.8 Å². The highest BCUT2D eigenvalue weighted by atomic mass is 16.5. The van der Waals surface area contributed by atoms with E-state index in [1.54, 1.807) is 0 Å². The lowest BCUT2D eigenvalue weighted by atomic mass is 10.2. The van der Waals surface area contributed by atoms with Crippen LogP contribution in [0.5, 0.6) is 0 Å². The van der Waals surface area contributed by atoms with Crippen molar-refractivity contribution in [1.29, 1.82) is 0 Å². The largest absolute Gasteiger partial charge is 0.469 e. The van der Waals surface area contributed by atoms with Crippen molar-refractivity contribution in [3.63, 3.8) is 0 Å². The quantitative estimate of drug-likeness (QED) is 0.481. The number of nitrogens with zero attached hydrogens (tertiary/aromatic N) is 1. The summed E-state index contributed by atoms with van der Waals surface area (Å²) in [5, 5.41) is 3.28. The van der Waals surface area contributed by atoms with Gasteiger partial charge in [-0.05, 0) is 40.5 Å². The first-order valence-corrected chi connectivity index (χ1v) is 5.01. The lowest BCUT2D eigenvalue weighted by Gasteiger charge is -2.14. The molecule has 0 rings (SSSR count).